The molecule has 5 rings (SSSR count). The molecule has 1 amide bonds. The second kappa shape index (κ2) is 7.28. The molecule has 1 fully saturated rings. The molecule has 0 bridgehead atoms. The average Bonchev–Trinajstić information content (AvgIpc) is 3.16. The molecule has 1 unspecified atom stereocenters. The smallest absolute Gasteiger partial charge is 0.244 e. The normalized spacial score (nSPS) is 21.6. The summed E-state index contributed by atoms with van der Waals surface area (Å²) in [5.41, 5.74) is 3.51. The van der Waals surface area contributed by atoms with Crippen LogP contribution in [0.15, 0.2) is 84.9 Å². The van der Waals surface area contributed by atoms with Crippen molar-refractivity contribution in [2.24, 2.45) is 0 Å². The Morgan fingerprint density at radius 3 is 2.39 bits per heavy atom. The van der Waals surface area contributed by atoms with E-state index in [1.165, 1.54) is 5.56 Å². The molecule has 0 aliphatic carbocycles. The van der Waals surface area contributed by atoms with E-state index < -0.39 is 5.66 Å². The van der Waals surface area contributed by atoms with Gasteiger partial charge in [-0.05, 0) is 34.9 Å². The second-order valence-corrected chi connectivity index (χ2v) is 9.18. The van der Waals surface area contributed by atoms with Crippen molar-refractivity contribution >= 4 is 29.3 Å². The first-order chi connectivity index (χ1) is 14.9. The van der Waals surface area contributed by atoms with Crippen molar-refractivity contribution in [3.63, 3.8) is 0 Å². The Morgan fingerprint density at radius 1 is 0.935 bits per heavy atom. The van der Waals surface area contributed by atoms with E-state index in [0.717, 1.165) is 16.8 Å². The zero-order valence-corrected chi connectivity index (χ0v) is 18.5. The third-order valence-corrected chi connectivity index (χ3v) is 7.13. The Kier molecular flexibility index (Phi) is 4.67. The summed E-state index contributed by atoms with van der Waals surface area (Å²) in [4.78, 5) is 17.7. The fourth-order valence-electron chi connectivity index (χ4n) is 5.24. The van der Waals surface area contributed by atoms with Crippen molar-refractivity contribution < 1.29 is 4.79 Å². The molecular weight excluding hydrogens is 404 g/mol. The summed E-state index contributed by atoms with van der Waals surface area (Å²) >= 11 is 6.46. The number of hydrogen-bond acceptors (Lipinski definition) is 2. The Bertz CT molecular complexity index is 1170. The van der Waals surface area contributed by atoms with Crippen molar-refractivity contribution in [1.82, 2.24) is 4.90 Å². The van der Waals surface area contributed by atoms with Crippen molar-refractivity contribution in [2.45, 2.75) is 31.5 Å². The van der Waals surface area contributed by atoms with E-state index >= 15 is 0 Å². The van der Waals surface area contributed by atoms with Crippen LogP contribution in [0.25, 0.3) is 6.08 Å². The number of para-hydroxylation sites is 1. The minimum absolute atomic E-state index is 0.134. The number of benzene rings is 3. The van der Waals surface area contributed by atoms with Crippen LogP contribution in [0.4, 0.5) is 5.69 Å². The summed E-state index contributed by atoms with van der Waals surface area (Å²) in [5.74, 6) is 0.134. The van der Waals surface area contributed by atoms with Crippen LogP contribution < -0.4 is 4.90 Å². The van der Waals surface area contributed by atoms with Gasteiger partial charge in [-0.2, -0.15) is 0 Å². The first-order valence-electron chi connectivity index (χ1n) is 10.6. The van der Waals surface area contributed by atoms with Gasteiger partial charge in [0.1, 0.15) is 5.66 Å². The third kappa shape index (κ3) is 2.91. The Labute approximate surface area is 188 Å². The van der Waals surface area contributed by atoms with Gasteiger partial charge in [0.05, 0.1) is 6.54 Å². The van der Waals surface area contributed by atoms with E-state index in [-0.39, 0.29) is 11.3 Å². The highest BCUT2D eigenvalue weighted by atomic mass is 35.5. The first-order valence-corrected chi connectivity index (χ1v) is 11.0. The molecule has 0 saturated carbocycles. The summed E-state index contributed by atoms with van der Waals surface area (Å²) in [6, 6.07) is 26.5. The molecule has 1 atom stereocenters. The molecular formula is C27H25ClN2O. The average molecular weight is 429 g/mol. The maximum atomic E-state index is 13.4. The largest absolute Gasteiger partial charge is 0.335 e. The van der Waals surface area contributed by atoms with Crippen LogP contribution >= 0.6 is 11.6 Å². The van der Waals surface area contributed by atoms with Gasteiger partial charge in [-0.15, -0.1) is 0 Å². The quantitative estimate of drug-likeness (QED) is 0.517. The van der Waals surface area contributed by atoms with Gasteiger partial charge in [0.2, 0.25) is 5.91 Å². The van der Waals surface area contributed by atoms with Gasteiger partial charge in [-0.3, -0.25) is 4.79 Å². The highest BCUT2D eigenvalue weighted by Crippen LogP contribution is 2.56. The Morgan fingerprint density at radius 2 is 1.61 bits per heavy atom. The number of halogens is 1. The molecule has 0 spiro atoms. The summed E-state index contributed by atoms with van der Waals surface area (Å²) < 4.78 is 0. The molecule has 3 aromatic rings. The van der Waals surface area contributed by atoms with Crippen LogP contribution in [-0.4, -0.2) is 23.0 Å². The van der Waals surface area contributed by atoms with Crippen LogP contribution in [0.5, 0.6) is 0 Å². The highest BCUT2D eigenvalue weighted by Gasteiger charge is 2.63. The first kappa shape index (κ1) is 19.9. The number of rotatable bonds is 4. The number of hydrogen-bond donors (Lipinski definition) is 0. The Hall–Kier alpha value is -3.04. The van der Waals surface area contributed by atoms with Crippen LogP contribution in [0.1, 0.15) is 30.5 Å². The monoisotopic (exact) mass is 428 g/mol. The van der Waals surface area contributed by atoms with Gasteiger partial charge in [0.15, 0.2) is 0 Å². The molecule has 2 aliphatic rings. The summed E-state index contributed by atoms with van der Waals surface area (Å²) in [6.07, 6.45) is 4.25. The van der Waals surface area contributed by atoms with E-state index in [4.69, 9.17) is 11.6 Å². The lowest BCUT2D eigenvalue weighted by Gasteiger charge is -2.46. The van der Waals surface area contributed by atoms with Crippen molar-refractivity contribution in [1.29, 1.82) is 0 Å². The number of amides is 1. The molecule has 2 aliphatic heterocycles. The minimum Gasteiger partial charge on any atom is -0.335 e. The van der Waals surface area contributed by atoms with Gasteiger partial charge in [-0.25, -0.2) is 0 Å². The van der Waals surface area contributed by atoms with Gasteiger partial charge >= 0.3 is 0 Å². The van der Waals surface area contributed by atoms with E-state index in [1.54, 1.807) is 0 Å². The van der Waals surface area contributed by atoms with Crippen LogP contribution in [0.2, 0.25) is 5.02 Å². The second-order valence-electron chi connectivity index (χ2n) is 8.77. The topological polar surface area (TPSA) is 23.6 Å². The molecule has 3 aromatic carbocycles. The molecule has 1 saturated heterocycles. The predicted molar refractivity (Wildman–Crippen MR) is 127 cm³/mol. The van der Waals surface area contributed by atoms with Crippen molar-refractivity contribution in [2.75, 3.05) is 11.4 Å². The zero-order chi connectivity index (χ0) is 21.6. The molecule has 2 heterocycles. The van der Waals surface area contributed by atoms with Crippen molar-refractivity contribution in [3.05, 3.63) is 107 Å². The van der Waals surface area contributed by atoms with Crippen molar-refractivity contribution in [3.8, 4) is 0 Å². The predicted octanol–water partition coefficient (Wildman–Crippen LogP) is 5.89. The van der Waals surface area contributed by atoms with Crippen LogP contribution in [-0.2, 0) is 16.8 Å². The summed E-state index contributed by atoms with van der Waals surface area (Å²) in [7, 11) is 0. The van der Waals surface area contributed by atoms with E-state index in [1.807, 2.05) is 53.4 Å². The Balaban J connectivity index is 1.69. The van der Waals surface area contributed by atoms with Gasteiger partial charge in [0, 0.05) is 22.7 Å². The summed E-state index contributed by atoms with van der Waals surface area (Å²) in [5, 5.41) is 0.703. The molecule has 31 heavy (non-hydrogen) atoms. The number of fused-ring (bicyclic) bond motifs is 3. The SMILES string of the molecule is CC1(C)c2ccccc2N2CC(=O)N(Cc3ccccc3)C21C=Cc1ccccc1Cl. The van der Waals surface area contributed by atoms with E-state index in [2.05, 4.69) is 61.2 Å². The van der Waals surface area contributed by atoms with Gasteiger partial charge in [-0.1, -0.05) is 98.3 Å². The number of nitrogens with zero attached hydrogens (tertiary/aromatic N) is 2. The maximum absolute atomic E-state index is 13.4. The lowest BCUT2D eigenvalue weighted by atomic mass is 9.74. The molecule has 3 nitrogen and oxygen atoms in total. The maximum Gasteiger partial charge on any atom is 0.244 e. The summed E-state index contributed by atoms with van der Waals surface area (Å²) in [6.45, 7) is 5.39. The molecule has 4 heteroatoms. The third-order valence-electron chi connectivity index (χ3n) is 6.79. The fourth-order valence-corrected chi connectivity index (χ4v) is 5.43. The highest BCUT2D eigenvalue weighted by molar-refractivity contribution is 6.32. The lowest BCUT2D eigenvalue weighted by Crippen LogP contribution is -2.60. The lowest BCUT2D eigenvalue weighted by molar-refractivity contribution is -0.131. The van der Waals surface area contributed by atoms with Crippen LogP contribution in [0, 0.1) is 0 Å². The molecule has 0 aromatic heterocycles. The van der Waals surface area contributed by atoms with Gasteiger partial charge < -0.3 is 9.80 Å². The van der Waals surface area contributed by atoms with E-state index in [9.17, 15) is 4.79 Å². The number of carbonyl (C=O) groups is 1. The van der Waals surface area contributed by atoms with Gasteiger partial charge in [0.25, 0.3) is 0 Å². The van der Waals surface area contributed by atoms with E-state index in [0.29, 0.717) is 18.1 Å². The number of anilines is 1. The molecule has 0 N–H and O–H groups in total. The zero-order valence-electron chi connectivity index (χ0n) is 17.8. The minimum atomic E-state index is -0.622. The fraction of sp³-hybridized carbons (Fsp3) is 0.222. The number of carbonyl (C=O) groups excluding carboxylic acids is 1. The molecule has 0 radical (unpaired) electrons. The van der Waals surface area contributed by atoms with Crippen LogP contribution in [0.3, 0.4) is 0 Å². The molecule has 156 valence electrons. The standard InChI is InChI=1S/C27H25ClN2O/c1-26(2)22-13-7-9-15-24(22)29-19-25(31)30(18-20-10-4-3-5-11-20)27(26,29)17-16-21-12-6-8-14-23(21)28/h3-17H,18-19H2,1-2H3.